The Morgan fingerprint density at radius 3 is 2.34 bits per heavy atom. The lowest BCUT2D eigenvalue weighted by atomic mass is 9.94. The molecule has 170 valence electrons. The third-order valence-electron chi connectivity index (χ3n) is 6.08. The van der Waals surface area contributed by atoms with Gasteiger partial charge in [0.05, 0.1) is 10.5 Å². The molecule has 1 saturated heterocycles. The van der Waals surface area contributed by atoms with Crippen LogP contribution in [0.4, 0.5) is 5.69 Å². The number of esters is 1. The second kappa shape index (κ2) is 9.03. The van der Waals surface area contributed by atoms with Crippen molar-refractivity contribution in [2.75, 3.05) is 31.1 Å². The number of rotatable bonds is 5. The first-order chi connectivity index (χ1) is 15.3. The Kier molecular flexibility index (Phi) is 6.35. The molecule has 0 aromatic heterocycles. The van der Waals surface area contributed by atoms with Gasteiger partial charge in [-0.15, -0.1) is 0 Å². The zero-order valence-electron chi connectivity index (χ0n) is 18.4. The molecule has 2 aliphatic rings. The number of para-hydroxylation sites is 1. The molecule has 0 bridgehead atoms. The summed E-state index contributed by atoms with van der Waals surface area (Å²) in [6.07, 6.45) is 1.79. The number of ether oxygens (including phenoxy) is 1. The zero-order chi connectivity index (χ0) is 22.9. The fourth-order valence-electron chi connectivity index (χ4n) is 4.60. The molecule has 2 aliphatic heterocycles. The molecule has 7 nitrogen and oxygen atoms in total. The maximum absolute atomic E-state index is 13.0. The van der Waals surface area contributed by atoms with E-state index < -0.39 is 16.0 Å². The van der Waals surface area contributed by atoms with Crippen molar-refractivity contribution in [3.8, 4) is 0 Å². The number of benzene rings is 2. The van der Waals surface area contributed by atoms with Gasteiger partial charge in [-0.05, 0) is 60.6 Å². The maximum atomic E-state index is 13.0. The van der Waals surface area contributed by atoms with E-state index in [1.165, 1.54) is 28.6 Å². The molecule has 2 heterocycles. The fourth-order valence-corrected chi connectivity index (χ4v) is 6.28. The van der Waals surface area contributed by atoms with Crippen molar-refractivity contribution >= 4 is 27.6 Å². The monoisotopic (exact) mass is 456 g/mol. The lowest BCUT2D eigenvalue weighted by Crippen LogP contribution is -2.42. The highest BCUT2D eigenvalue weighted by molar-refractivity contribution is 7.89. The zero-order valence-corrected chi connectivity index (χ0v) is 19.2. The Bertz CT molecular complexity index is 1100. The summed E-state index contributed by atoms with van der Waals surface area (Å²) in [4.78, 5) is 26.7. The van der Waals surface area contributed by atoms with Crippen molar-refractivity contribution in [2.45, 2.75) is 31.6 Å². The van der Waals surface area contributed by atoms with Crippen LogP contribution in [0.5, 0.6) is 0 Å². The van der Waals surface area contributed by atoms with E-state index >= 15 is 0 Å². The lowest BCUT2D eigenvalue weighted by molar-refractivity contribution is -0.121. The van der Waals surface area contributed by atoms with Gasteiger partial charge in [0.1, 0.15) is 0 Å². The van der Waals surface area contributed by atoms with Crippen LogP contribution in [0.25, 0.3) is 0 Å². The molecule has 0 radical (unpaired) electrons. The number of carbonyl (C=O) groups excluding carboxylic acids is 2. The second-order valence-electron chi connectivity index (χ2n) is 8.79. The largest absolute Gasteiger partial charge is 0.452 e. The summed E-state index contributed by atoms with van der Waals surface area (Å²) in [5.74, 6) is -0.323. The third kappa shape index (κ3) is 4.56. The molecule has 1 amide bonds. The minimum absolute atomic E-state index is 0.153. The van der Waals surface area contributed by atoms with E-state index in [4.69, 9.17) is 4.74 Å². The van der Waals surface area contributed by atoms with Gasteiger partial charge in [-0.1, -0.05) is 32.0 Å². The van der Waals surface area contributed by atoms with Crippen molar-refractivity contribution in [3.05, 3.63) is 59.7 Å². The van der Waals surface area contributed by atoms with Crippen LogP contribution in [0.1, 0.15) is 36.2 Å². The molecule has 4 rings (SSSR count). The highest BCUT2D eigenvalue weighted by Gasteiger charge is 2.32. The van der Waals surface area contributed by atoms with Gasteiger partial charge in [-0.3, -0.25) is 4.79 Å². The van der Waals surface area contributed by atoms with E-state index in [0.717, 1.165) is 24.1 Å². The average molecular weight is 457 g/mol. The summed E-state index contributed by atoms with van der Waals surface area (Å²) >= 11 is 0. The average Bonchev–Trinajstić information content (AvgIpc) is 3.21. The predicted octanol–water partition coefficient (Wildman–Crippen LogP) is 3.10. The Hall–Kier alpha value is -2.71. The van der Waals surface area contributed by atoms with E-state index in [9.17, 15) is 18.0 Å². The molecule has 2 aromatic carbocycles. The molecule has 0 saturated carbocycles. The van der Waals surface area contributed by atoms with Gasteiger partial charge in [0.15, 0.2) is 6.61 Å². The summed E-state index contributed by atoms with van der Waals surface area (Å²) in [6.45, 7) is 5.31. The molecule has 0 N–H and O–H groups in total. The van der Waals surface area contributed by atoms with Crippen LogP contribution in [0, 0.1) is 11.8 Å². The van der Waals surface area contributed by atoms with Crippen LogP contribution in [0.2, 0.25) is 0 Å². The lowest BCUT2D eigenvalue weighted by Gasteiger charge is -2.34. The third-order valence-corrected chi connectivity index (χ3v) is 7.92. The summed E-state index contributed by atoms with van der Waals surface area (Å²) in [5.41, 5.74) is 2.16. The van der Waals surface area contributed by atoms with Crippen molar-refractivity contribution < 1.29 is 22.7 Å². The van der Waals surface area contributed by atoms with E-state index in [2.05, 4.69) is 13.8 Å². The number of sulfonamides is 1. The number of hydrogen-bond acceptors (Lipinski definition) is 5. The van der Waals surface area contributed by atoms with Gasteiger partial charge in [0.25, 0.3) is 5.91 Å². The topological polar surface area (TPSA) is 84.0 Å². The van der Waals surface area contributed by atoms with Crippen LogP contribution in [-0.2, 0) is 26.0 Å². The van der Waals surface area contributed by atoms with Gasteiger partial charge >= 0.3 is 5.97 Å². The molecule has 2 atom stereocenters. The highest BCUT2D eigenvalue weighted by Crippen LogP contribution is 2.28. The van der Waals surface area contributed by atoms with Crippen LogP contribution >= 0.6 is 0 Å². The van der Waals surface area contributed by atoms with Crippen LogP contribution < -0.4 is 4.90 Å². The number of fused-ring (bicyclic) bond motifs is 1. The van der Waals surface area contributed by atoms with E-state index in [-0.39, 0.29) is 23.0 Å². The molecule has 8 heteroatoms. The first kappa shape index (κ1) is 22.5. The van der Waals surface area contributed by atoms with Gasteiger partial charge in [0.2, 0.25) is 10.0 Å². The highest BCUT2D eigenvalue weighted by atomic mass is 32.2. The number of nitrogens with zero attached hydrogens (tertiary/aromatic N) is 2. The van der Waals surface area contributed by atoms with Crippen LogP contribution in [0.3, 0.4) is 0 Å². The first-order valence-electron chi connectivity index (χ1n) is 10.9. The minimum Gasteiger partial charge on any atom is -0.452 e. The Morgan fingerprint density at radius 2 is 1.66 bits per heavy atom. The van der Waals surface area contributed by atoms with Gasteiger partial charge in [0, 0.05) is 25.3 Å². The summed E-state index contributed by atoms with van der Waals surface area (Å²) in [6, 6.07) is 13.4. The maximum Gasteiger partial charge on any atom is 0.338 e. The van der Waals surface area contributed by atoms with Crippen molar-refractivity contribution in [2.24, 2.45) is 11.8 Å². The number of hydrogen-bond donors (Lipinski definition) is 0. The minimum atomic E-state index is -3.62. The predicted molar refractivity (Wildman–Crippen MR) is 121 cm³/mol. The van der Waals surface area contributed by atoms with Gasteiger partial charge in [-0.25, -0.2) is 13.2 Å². The quantitative estimate of drug-likeness (QED) is 0.646. The molecule has 0 unspecified atom stereocenters. The molecule has 0 spiro atoms. The standard InChI is InChI=1S/C24H28N2O5S/c1-17-13-18(2)15-25(14-17)32(29,30)21-9-7-20(8-10-21)24(28)31-16-23(27)26-12-11-19-5-3-4-6-22(19)26/h3-10,17-18H,11-16H2,1-2H3/t17-,18-/m1/s1. The van der Waals surface area contributed by atoms with Crippen molar-refractivity contribution in [3.63, 3.8) is 0 Å². The summed E-state index contributed by atoms with van der Waals surface area (Å²) in [5, 5.41) is 0. The van der Waals surface area contributed by atoms with Gasteiger partial charge in [-0.2, -0.15) is 4.31 Å². The SMILES string of the molecule is C[C@@H]1C[C@@H](C)CN(S(=O)(=O)c2ccc(C(=O)OCC(=O)N3CCc4ccccc43)cc2)C1. The van der Waals surface area contributed by atoms with Crippen LogP contribution in [0.15, 0.2) is 53.4 Å². The molecular formula is C24H28N2O5S. The van der Waals surface area contributed by atoms with Crippen LogP contribution in [-0.4, -0.2) is 50.8 Å². The molecular weight excluding hydrogens is 428 g/mol. The molecule has 2 aromatic rings. The number of anilines is 1. The summed E-state index contributed by atoms with van der Waals surface area (Å²) < 4.78 is 32.7. The molecule has 32 heavy (non-hydrogen) atoms. The normalized spacial score (nSPS) is 21.2. The number of piperidine rings is 1. The van der Waals surface area contributed by atoms with Gasteiger partial charge < -0.3 is 9.64 Å². The van der Waals surface area contributed by atoms with E-state index in [0.29, 0.717) is 31.5 Å². The second-order valence-corrected chi connectivity index (χ2v) is 10.7. The molecule has 1 fully saturated rings. The number of carbonyl (C=O) groups is 2. The summed E-state index contributed by atoms with van der Waals surface area (Å²) in [7, 11) is -3.62. The Morgan fingerprint density at radius 1 is 1.00 bits per heavy atom. The fraction of sp³-hybridized carbons (Fsp3) is 0.417. The Balaban J connectivity index is 1.38. The smallest absolute Gasteiger partial charge is 0.338 e. The van der Waals surface area contributed by atoms with E-state index in [1.807, 2.05) is 24.3 Å². The first-order valence-corrected chi connectivity index (χ1v) is 12.4. The number of amides is 1. The molecule has 0 aliphatic carbocycles. The van der Waals surface area contributed by atoms with Crippen molar-refractivity contribution in [1.82, 2.24) is 4.31 Å². The van der Waals surface area contributed by atoms with Crippen molar-refractivity contribution in [1.29, 1.82) is 0 Å². The van der Waals surface area contributed by atoms with E-state index in [1.54, 1.807) is 4.90 Å². The Labute approximate surface area is 189 Å².